The van der Waals surface area contributed by atoms with E-state index in [0.29, 0.717) is 21.8 Å². The van der Waals surface area contributed by atoms with Crippen molar-refractivity contribution in [1.82, 2.24) is 10.7 Å². The molecule has 0 saturated heterocycles. The number of hydrazine groups is 1. The molecule has 31 heavy (non-hydrogen) atoms. The van der Waals surface area contributed by atoms with Crippen molar-refractivity contribution in [3.05, 3.63) is 105 Å². The molecule has 9 heteroatoms. The summed E-state index contributed by atoms with van der Waals surface area (Å²) in [5.74, 6) is -0.943. The quantitative estimate of drug-likeness (QED) is 0.366. The lowest BCUT2D eigenvalue weighted by Gasteiger charge is -2.19. The second-order valence-electron chi connectivity index (χ2n) is 6.64. The fourth-order valence-electron chi connectivity index (χ4n) is 2.81. The summed E-state index contributed by atoms with van der Waals surface area (Å²) in [6, 6.07) is 20.2. The van der Waals surface area contributed by atoms with Crippen LogP contribution in [0.2, 0.25) is 5.02 Å². The van der Waals surface area contributed by atoms with E-state index in [1.54, 1.807) is 42.5 Å². The van der Waals surface area contributed by atoms with Gasteiger partial charge in [-0.05, 0) is 35.9 Å². The third kappa shape index (κ3) is 6.28. The molecule has 0 aliphatic heterocycles. The van der Waals surface area contributed by atoms with Crippen molar-refractivity contribution in [2.24, 2.45) is 0 Å². The zero-order valence-corrected chi connectivity index (χ0v) is 17.0. The van der Waals surface area contributed by atoms with Crippen LogP contribution in [0.5, 0.6) is 0 Å². The van der Waals surface area contributed by atoms with E-state index in [0.717, 1.165) is 0 Å². The van der Waals surface area contributed by atoms with Crippen molar-refractivity contribution in [3.63, 3.8) is 0 Å². The Balaban J connectivity index is 1.75. The molecule has 0 aromatic heterocycles. The first-order valence-corrected chi connectivity index (χ1v) is 9.71. The van der Waals surface area contributed by atoms with Crippen molar-refractivity contribution >= 4 is 34.8 Å². The fourth-order valence-corrected chi connectivity index (χ4v) is 3.00. The number of amides is 2. The van der Waals surface area contributed by atoms with Gasteiger partial charge >= 0.3 is 0 Å². The molecule has 3 N–H and O–H groups in total. The van der Waals surface area contributed by atoms with Gasteiger partial charge in [0.2, 0.25) is 0 Å². The highest BCUT2D eigenvalue weighted by Crippen LogP contribution is 2.15. The van der Waals surface area contributed by atoms with E-state index < -0.39 is 22.8 Å². The molecule has 2 amide bonds. The van der Waals surface area contributed by atoms with Crippen LogP contribution in [0.15, 0.2) is 78.9 Å². The molecular weight excluding hydrogens is 420 g/mol. The van der Waals surface area contributed by atoms with Crippen LogP contribution >= 0.6 is 11.6 Å². The maximum atomic E-state index is 12.8. The second kappa shape index (κ2) is 10.2. The van der Waals surface area contributed by atoms with Crippen LogP contribution in [0, 0.1) is 10.1 Å². The van der Waals surface area contributed by atoms with Crippen LogP contribution in [0.3, 0.4) is 0 Å². The summed E-state index contributed by atoms with van der Waals surface area (Å²) >= 11 is 5.95. The van der Waals surface area contributed by atoms with Crippen LogP contribution in [-0.4, -0.2) is 22.8 Å². The maximum absolute atomic E-state index is 12.8. The third-order valence-electron chi connectivity index (χ3n) is 4.40. The molecule has 3 aromatic rings. The Labute approximate surface area is 183 Å². The summed E-state index contributed by atoms with van der Waals surface area (Å²) in [6.45, 7) is 0. The first-order chi connectivity index (χ1) is 14.9. The Bertz CT molecular complexity index is 1070. The highest BCUT2D eigenvalue weighted by Gasteiger charge is 2.22. The summed E-state index contributed by atoms with van der Waals surface area (Å²) in [5.41, 5.74) is 6.95. The number of carbonyl (C=O) groups is 2. The van der Waals surface area contributed by atoms with Crippen LogP contribution in [0.1, 0.15) is 15.9 Å². The lowest BCUT2D eigenvalue weighted by Crippen LogP contribution is -2.49. The number of nitro groups is 1. The van der Waals surface area contributed by atoms with Gasteiger partial charge in [0.1, 0.15) is 6.04 Å². The van der Waals surface area contributed by atoms with Crippen molar-refractivity contribution in [2.75, 3.05) is 5.43 Å². The van der Waals surface area contributed by atoms with E-state index in [-0.39, 0.29) is 12.1 Å². The minimum absolute atomic E-state index is 0.0570. The van der Waals surface area contributed by atoms with Crippen LogP contribution in [0.25, 0.3) is 0 Å². The minimum atomic E-state index is -0.941. The average molecular weight is 439 g/mol. The Hall–Kier alpha value is -3.91. The number of halogens is 1. The monoisotopic (exact) mass is 438 g/mol. The minimum Gasteiger partial charge on any atom is -0.340 e. The van der Waals surface area contributed by atoms with E-state index in [2.05, 4.69) is 16.2 Å². The molecule has 3 aromatic carbocycles. The topological polar surface area (TPSA) is 113 Å². The Morgan fingerprint density at radius 3 is 2.32 bits per heavy atom. The fraction of sp³-hybridized carbons (Fsp3) is 0.0909. The number of non-ortho nitro benzene ring substituents is 1. The third-order valence-corrected chi connectivity index (χ3v) is 4.63. The maximum Gasteiger partial charge on any atom is 0.269 e. The number of nitrogens with zero attached hydrogens (tertiary/aromatic N) is 1. The number of hydrogen-bond donors (Lipinski definition) is 3. The lowest BCUT2D eigenvalue weighted by molar-refractivity contribution is -0.384. The SMILES string of the molecule is O=C(N[C@@H](Cc1ccc([N+](=O)[O-])cc1)C(=O)NNc1ccccc1)c1cccc(Cl)c1. The van der Waals surface area contributed by atoms with Crippen molar-refractivity contribution in [3.8, 4) is 0 Å². The molecule has 0 radical (unpaired) electrons. The normalized spacial score (nSPS) is 11.3. The van der Waals surface area contributed by atoms with Gasteiger partial charge < -0.3 is 5.32 Å². The summed E-state index contributed by atoms with van der Waals surface area (Å²) < 4.78 is 0. The number of nitro benzene ring substituents is 1. The van der Waals surface area contributed by atoms with Crippen molar-refractivity contribution < 1.29 is 14.5 Å². The predicted molar refractivity (Wildman–Crippen MR) is 118 cm³/mol. The van der Waals surface area contributed by atoms with Gasteiger partial charge in [0, 0.05) is 29.1 Å². The summed E-state index contributed by atoms with van der Waals surface area (Å²) in [5, 5.41) is 14.0. The Kier molecular flexibility index (Phi) is 7.18. The molecule has 0 spiro atoms. The molecule has 1 atom stereocenters. The zero-order chi connectivity index (χ0) is 22.2. The molecule has 3 rings (SSSR count). The van der Waals surface area contributed by atoms with Crippen molar-refractivity contribution in [2.45, 2.75) is 12.5 Å². The van der Waals surface area contributed by atoms with Gasteiger partial charge in [0.05, 0.1) is 10.6 Å². The molecule has 0 saturated carbocycles. The van der Waals surface area contributed by atoms with E-state index in [1.807, 2.05) is 18.2 Å². The van der Waals surface area contributed by atoms with Crippen LogP contribution in [-0.2, 0) is 11.2 Å². The average Bonchev–Trinajstić information content (AvgIpc) is 2.78. The van der Waals surface area contributed by atoms with Gasteiger partial charge in [-0.25, -0.2) is 0 Å². The lowest BCUT2D eigenvalue weighted by atomic mass is 10.0. The number of benzene rings is 3. The summed E-state index contributed by atoms with van der Waals surface area (Å²) in [7, 11) is 0. The molecule has 8 nitrogen and oxygen atoms in total. The summed E-state index contributed by atoms with van der Waals surface area (Å²) in [6.07, 6.45) is 0.132. The van der Waals surface area contributed by atoms with Gasteiger partial charge in [0.15, 0.2) is 0 Å². The van der Waals surface area contributed by atoms with Crippen LogP contribution < -0.4 is 16.2 Å². The second-order valence-corrected chi connectivity index (χ2v) is 7.08. The highest BCUT2D eigenvalue weighted by molar-refractivity contribution is 6.31. The van der Waals surface area contributed by atoms with E-state index in [4.69, 9.17) is 11.6 Å². The zero-order valence-electron chi connectivity index (χ0n) is 16.2. The predicted octanol–water partition coefficient (Wildman–Crippen LogP) is 3.73. The number of nitrogens with one attached hydrogen (secondary N) is 3. The van der Waals surface area contributed by atoms with E-state index in [1.165, 1.54) is 18.2 Å². The van der Waals surface area contributed by atoms with Crippen LogP contribution in [0.4, 0.5) is 11.4 Å². The summed E-state index contributed by atoms with van der Waals surface area (Å²) in [4.78, 5) is 35.8. The number of anilines is 1. The number of carbonyl (C=O) groups excluding carboxylic acids is 2. The molecule has 0 bridgehead atoms. The first kappa shape index (κ1) is 21.8. The molecule has 158 valence electrons. The molecule has 0 unspecified atom stereocenters. The van der Waals surface area contributed by atoms with Gasteiger partial charge in [-0.2, -0.15) is 0 Å². The molecule has 0 aliphatic rings. The van der Waals surface area contributed by atoms with E-state index in [9.17, 15) is 19.7 Å². The number of hydrogen-bond acceptors (Lipinski definition) is 5. The first-order valence-electron chi connectivity index (χ1n) is 9.33. The molecule has 0 heterocycles. The number of rotatable bonds is 8. The van der Waals surface area contributed by atoms with Crippen molar-refractivity contribution in [1.29, 1.82) is 0 Å². The standard InChI is InChI=1S/C22H19ClN4O4/c23-17-6-4-5-16(14-17)21(28)24-20(13-15-9-11-19(12-10-15)27(30)31)22(29)26-25-18-7-2-1-3-8-18/h1-12,14,20,25H,13H2,(H,24,28)(H,26,29)/t20-/m0/s1. The Morgan fingerprint density at radius 1 is 0.968 bits per heavy atom. The van der Waals surface area contributed by atoms with Gasteiger partial charge in [-0.15, -0.1) is 0 Å². The number of para-hydroxylation sites is 1. The smallest absolute Gasteiger partial charge is 0.269 e. The molecular formula is C22H19ClN4O4. The van der Waals surface area contributed by atoms with Gasteiger partial charge in [-0.3, -0.25) is 30.6 Å². The van der Waals surface area contributed by atoms with Gasteiger partial charge in [0.25, 0.3) is 17.5 Å². The largest absolute Gasteiger partial charge is 0.340 e. The molecule has 0 fully saturated rings. The Morgan fingerprint density at radius 2 is 1.68 bits per heavy atom. The highest BCUT2D eigenvalue weighted by atomic mass is 35.5. The van der Waals surface area contributed by atoms with E-state index >= 15 is 0 Å². The van der Waals surface area contributed by atoms with Gasteiger partial charge in [-0.1, -0.05) is 48.0 Å². The molecule has 0 aliphatic carbocycles.